The number of aromatic amines is 1. The molecule has 6 nitrogen and oxygen atoms in total. The van der Waals surface area contributed by atoms with Gasteiger partial charge in [-0.15, -0.1) is 0 Å². The Morgan fingerprint density at radius 1 is 1.17 bits per heavy atom. The highest BCUT2D eigenvalue weighted by Gasteiger charge is 2.41. The molecule has 1 spiro atoms. The SMILES string of the molecule is Cc1c(C(=O)N2CCC3(CC2)OCCO3)[nH]c2c1C(=O)CCC2. The van der Waals surface area contributed by atoms with E-state index in [9.17, 15) is 9.59 Å². The third-order valence-electron chi connectivity index (χ3n) is 5.28. The van der Waals surface area contributed by atoms with Gasteiger partial charge >= 0.3 is 0 Å². The maximum atomic E-state index is 12.9. The number of likely N-dealkylation sites (tertiary alicyclic amines) is 1. The first-order chi connectivity index (χ1) is 11.1. The van der Waals surface area contributed by atoms with Crippen LogP contribution >= 0.6 is 0 Å². The number of nitrogens with zero attached hydrogens (tertiary/aromatic N) is 1. The second-order valence-corrected chi connectivity index (χ2v) is 6.66. The normalized spacial score (nSPS) is 23.3. The summed E-state index contributed by atoms with van der Waals surface area (Å²) in [6.07, 6.45) is 3.70. The van der Waals surface area contributed by atoms with Crippen LogP contribution in [0, 0.1) is 6.92 Å². The lowest BCUT2D eigenvalue weighted by atomic mass is 9.93. The third kappa shape index (κ3) is 2.40. The van der Waals surface area contributed by atoms with E-state index in [0.717, 1.165) is 29.7 Å². The molecule has 4 rings (SSSR count). The van der Waals surface area contributed by atoms with Crippen LogP contribution in [0.25, 0.3) is 0 Å². The first-order valence-electron chi connectivity index (χ1n) is 8.41. The molecule has 2 fully saturated rings. The minimum Gasteiger partial charge on any atom is -0.354 e. The van der Waals surface area contributed by atoms with Crippen LogP contribution in [0.1, 0.15) is 57.8 Å². The Morgan fingerprint density at radius 3 is 2.52 bits per heavy atom. The third-order valence-corrected chi connectivity index (χ3v) is 5.28. The van der Waals surface area contributed by atoms with Gasteiger partial charge in [-0.2, -0.15) is 0 Å². The number of H-pyrrole nitrogens is 1. The van der Waals surface area contributed by atoms with Gasteiger partial charge in [0.05, 0.1) is 13.2 Å². The average Bonchev–Trinajstić information content (AvgIpc) is 3.14. The molecule has 1 aromatic rings. The van der Waals surface area contributed by atoms with Crippen molar-refractivity contribution in [3.8, 4) is 0 Å². The van der Waals surface area contributed by atoms with E-state index in [4.69, 9.17) is 9.47 Å². The highest BCUT2D eigenvalue weighted by atomic mass is 16.7. The molecule has 0 radical (unpaired) electrons. The quantitative estimate of drug-likeness (QED) is 0.857. The van der Waals surface area contributed by atoms with Gasteiger partial charge in [0.25, 0.3) is 5.91 Å². The largest absolute Gasteiger partial charge is 0.354 e. The topological polar surface area (TPSA) is 71.6 Å². The van der Waals surface area contributed by atoms with Crippen LogP contribution < -0.4 is 0 Å². The molecule has 0 unspecified atom stereocenters. The number of rotatable bonds is 1. The molecule has 23 heavy (non-hydrogen) atoms. The van der Waals surface area contributed by atoms with Crippen molar-refractivity contribution in [2.24, 2.45) is 0 Å². The first kappa shape index (κ1) is 14.9. The van der Waals surface area contributed by atoms with Crippen molar-refractivity contribution in [3.63, 3.8) is 0 Å². The zero-order valence-electron chi connectivity index (χ0n) is 13.4. The summed E-state index contributed by atoms with van der Waals surface area (Å²) in [5, 5.41) is 0. The van der Waals surface area contributed by atoms with E-state index in [1.165, 1.54) is 0 Å². The number of aryl methyl sites for hydroxylation is 1. The zero-order chi connectivity index (χ0) is 16.0. The lowest BCUT2D eigenvalue weighted by molar-refractivity contribution is -0.181. The van der Waals surface area contributed by atoms with Crippen molar-refractivity contribution in [2.75, 3.05) is 26.3 Å². The monoisotopic (exact) mass is 318 g/mol. The fourth-order valence-corrected chi connectivity index (χ4v) is 3.98. The predicted molar refractivity (Wildman–Crippen MR) is 82.6 cm³/mol. The summed E-state index contributed by atoms with van der Waals surface area (Å²) < 4.78 is 11.4. The summed E-state index contributed by atoms with van der Waals surface area (Å²) in [4.78, 5) is 30.0. The number of carbonyl (C=O) groups is 2. The Kier molecular flexibility index (Phi) is 3.54. The van der Waals surface area contributed by atoms with Gasteiger partial charge in [0.2, 0.25) is 0 Å². The van der Waals surface area contributed by atoms with Crippen LogP contribution in [-0.2, 0) is 15.9 Å². The molecule has 3 aliphatic rings. The number of hydrogen-bond donors (Lipinski definition) is 1. The minimum absolute atomic E-state index is 0.0162. The molecule has 0 aromatic carbocycles. The van der Waals surface area contributed by atoms with Gasteiger partial charge < -0.3 is 19.4 Å². The number of ketones is 1. The van der Waals surface area contributed by atoms with Crippen molar-refractivity contribution < 1.29 is 19.1 Å². The van der Waals surface area contributed by atoms with E-state index in [1.807, 2.05) is 11.8 Å². The predicted octanol–water partition coefficient (Wildman–Crippen LogP) is 1.82. The molecule has 1 amide bonds. The summed E-state index contributed by atoms with van der Waals surface area (Å²) in [5.74, 6) is -0.335. The molecule has 1 aromatic heterocycles. The summed E-state index contributed by atoms with van der Waals surface area (Å²) in [7, 11) is 0. The number of carbonyl (C=O) groups excluding carboxylic acids is 2. The van der Waals surface area contributed by atoms with Crippen LogP contribution in [-0.4, -0.2) is 53.7 Å². The van der Waals surface area contributed by atoms with Crippen molar-refractivity contribution in [3.05, 3.63) is 22.5 Å². The summed E-state index contributed by atoms with van der Waals surface area (Å²) in [6, 6.07) is 0. The maximum Gasteiger partial charge on any atom is 0.270 e. The fraction of sp³-hybridized carbons (Fsp3) is 0.647. The van der Waals surface area contributed by atoms with Crippen molar-refractivity contribution >= 4 is 11.7 Å². The number of Topliss-reactive ketones (excluding diaryl/α,β-unsaturated/α-hetero) is 1. The molecule has 0 saturated carbocycles. The van der Waals surface area contributed by atoms with E-state index in [0.29, 0.717) is 51.3 Å². The first-order valence-corrected chi connectivity index (χ1v) is 8.41. The van der Waals surface area contributed by atoms with E-state index in [1.54, 1.807) is 0 Å². The molecule has 1 aliphatic carbocycles. The smallest absolute Gasteiger partial charge is 0.270 e. The Morgan fingerprint density at radius 2 is 1.87 bits per heavy atom. The van der Waals surface area contributed by atoms with Crippen molar-refractivity contribution in [2.45, 2.75) is 44.8 Å². The van der Waals surface area contributed by atoms with Crippen molar-refractivity contribution in [1.29, 1.82) is 0 Å². The Labute approximate surface area is 135 Å². The van der Waals surface area contributed by atoms with Crippen LogP contribution in [0.5, 0.6) is 0 Å². The van der Waals surface area contributed by atoms with E-state index < -0.39 is 5.79 Å². The number of hydrogen-bond acceptors (Lipinski definition) is 4. The number of piperidine rings is 1. The molecule has 2 saturated heterocycles. The second-order valence-electron chi connectivity index (χ2n) is 6.66. The van der Waals surface area contributed by atoms with E-state index >= 15 is 0 Å². The Hall–Kier alpha value is -1.66. The molecule has 6 heteroatoms. The molecule has 0 atom stereocenters. The minimum atomic E-state index is -0.475. The average molecular weight is 318 g/mol. The van der Waals surface area contributed by atoms with Crippen molar-refractivity contribution in [1.82, 2.24) is 9.88 Å². The summed E-state index contributed by atoms with van der Waals surface area (Å²) in [5.41, 5.74) is 3.06. The number of nitrogens with one attached hydrogen (secondary N) is 1. The maximum absolute atomic E-state index is 12.9. The molecular weight excluding hydrogens is 296 g/mol. The fourth-order valence-electron chi connectivity index (χ4n) is 3.98. The zero-order valence-corrected chi connectivity index (χ0v) is 13.4. The van der Waals surface area contributed by atoms with Crippen LogP contribution in [0.15, 0.2) is 0 Å². The molecule has 1 N–H and O–H groups in total. The lowest BCUT2D eigenvalue weighted by Crippen LogP contribution is -2.47. The van der Waals surface area contributed by atoms with Crippen LogP contribution in [0.4, 0.5) is 0 Å². The highest BCUT2D eigenvalue weighted by molar-refractivity contribution is 6.04. The number of ether oxygens (including phenoxy) is 2. The summed E-state index contributed by atoms with van der Waals surface area (Å²) >= 11 is 0. The number of fused-ring (bicyclic) bond motifs is 1. The molecule has 0 bridgehead atoms. The molecule has 3 heterocycles. The molecule has 2 aliphatic heterocycles. The molecule has 124 valence electrons. The van der Waals surface area contributed by atoms with Gasteiger partial charge in [-0.25, -0.2) is 0 Å². The van der Waals surface area contributed by atoms with E-state index in [2.05, 4.69) is 4.98 Å². The van der Waals surface area contributed by atoms with Gasteiger partial charge in [-0.05, 0) is 25.3 Å². The number of amides is 1. The second kappa shape index (κ2) is 5.46. The summed E-state index contributed by atoms with van der Waals surface area (Å²) in [6.45, 7) is 4.39. The highest BCUT2D eigenvalue weighted by Crippen LogP contribution is 2.33. The van der Waals surface area contributed by atoms with Gasteiger partial charge in [0, 0.05) is 43.6 Å². The number of aromatic nitrogens is 1. The Balaban J connectivity index is 1.53. The van der Waals surface area contributed by atoms with E-state index in [-0.39, 0.29) is 11.7 Å². The van der Waals surface area contributed by atoms with Gasteiger partial charge in [-0.3, -0.25) is 9.59 Å². The van der Waals surface area contributed by atoms with Gasteiger partial charge in [-0.1, -0.05) is 0 Å². The van der Waals surface area contributed by atoms with Gasteiger partial charge in [0.1, 0.15) is 5.69 Å². The van der Waals surface area contributed by atoms with Crippen LogP contribution in [0.3, 0.4) is 0 Å². The lowest BCUT2D eigenvalue weighted by Gasteiger charge is -2.37. The Bertz CT molecular complexity index is 648. The van der Waals surface area contributed by atoms with Crippen LogP contribution in [0.2, 0.25) is 0 Å². The standard InChI is InChI=1S/C17H22N2O4/c1-11-14-12(3-2-4-13(14)20)18-15(11)16(21)19-7-5-17(6-8-19)22-9-10-23-17/h18H,2-10H2,1H3. The molecular formula is C17H22N2O4. The van der Waals surface area contributed by atoms with Gasteiger partial charge in [0.15, 0.2) is 11.6 Å².